The van der Waals surface area contributed by atoms with Gasteiger partial charge in [0.2, 0.25) is 11.8 Å². The van der Waals surface area contributed by atoms with Gasteiger partial charge in [0.15, 0.2) is 17.5 Å². The summed E-state index contributed by atoms with van der Waals surface area (Å²) in [6, 6.07) is 1.96. The van der Waals surface area contributed by atoms with E-state index >= 15 is 0 Å². The number of rotatable bonds is 4. The summed E-state index contributed by atoms with van der Waals surface area (Å²) in [6.45, 7) is 0.906. The molecule has 1 saturated carbocycles. The van der Waals surface area contributed by atoms with Crippen molar-refractivity contribution in [1.82, 2.24) is 10.2 Å². The molecule has 1 aromatic carbocycles. The molecule has 0 atom stereocenters. The molecule has 1 N–H and O–H groups in total. The van der Waals surface area contributed by atoms with Gasteiger partial charge in [-0.05, 0) is 31.7 Å². The van der Waals surface area contributed by atoms with Crippen molar-refractivity contribution in [1.29, 1.82) is 0 Å². The number of hydrogen-bond acceptors (Lipinski definition) is 2. The average Bonchev–Trinajstić information content (AvgIpc) is 3.19. The lowest BCUT2D eigenvalue weighted by atomic mass is 9.94. The van der Waals surface area contributed by atoms with E-state index in [1.54, 1.807) is 0 Å². The Morgan fingerprint density at radius 2 is 1.62 bits per heavy atom. The maximum absolute atomic E-state index is 13.6. The van der Waals surface area contributed by atoms with Gasteiger partial charge in [0.05, 0.1) is 0 Å². The average molecular weight is 368 g/mol. The second-order valence-corrected chi connectivity index (χ2v) is 7.13. The van der Waals surface area contributed by atoms with Crippen molar-refractivity contribution < 1.29 is 22.8 Å². The monoisotopic (exact) mass is 368 g/mol. The maximum Gasteiger partial charge on any atom is 0.225 e. The Morgan fingerprint density at radius 1 is 0.962 bits per heavy atom. The summed E-state index contributed by atoms with van der Waals surface area (Å²) < 4.78 is 39.8. The zero-order valence-electron chi connectivity index (χ0n) is 14.6. The van der Waals surface area contributed by atoms with E-state index in [2.05, 4.69) is 5.32 Å². The van der Waals surface area contributed by atoms with Crippen LogP contribution in [0.2, 0.25) is 0 Å². The molecule has 0 bridgehead atoms. The van der Waals surface area contributed by atoms with Crippen LogP contribution in [0.3, 0.4) is 0 Å². The van der Waals surface area contributed by atoms with Crippen LogP contribution in [0.5, 0.6) is 0 Å². The molecule has 26 heavy (non-hydrogen) atoms. The Morgan fingerprint density at radius 3 is 2.27 bits per heavy atom. The molecule has 1 heterocycles. The van der Waals surface area contributed by atoms with Crippen LogP contribution in [0, 0.1) is 29.3 Å². The third kappa shape index (κ3) is 4.02. The fraction of sp³-hybridized carbons (Fsp3) is 0.579. The van der Waals surface area contributed by atoms with Gasteiger partial charge in [-0.3, -0.25) is 9.59 Å². The van der Waals surface area contributed by atoms with Crippen molar-refractivity contribution in [2.24, 2.45) is 11.8 Å². The number of benzene rings is 1. The summed E-state index contributed by atoms with van der Waals surface area (Å²) in [4.78, 5) is 26.5. The van der Waals surface area contributed by atoms with Gasteiger partial charge in [-0.2, -0.15) is 0 Å². The second kappa shape index (κ2) is 8.10. The van der Waals surface area contributed by atoms with E-state index in [1.165, 1.54) is 0 Å². The third-order valence-electron chi connectivity index (χ3n) is 5.45. The van der Waals surface area contributed by atoms with Crippen LogP contribution in [0.25, 0.3) is 0 Å². The van der Waals surface area contributed by atoms with E-state index in [0.29, 0.717) is 25.9 Å². The molecule has 2 aliphatic rings. The Bertz CT molecular complexity index is 682. The van der Waals surface area contributed by atoms with Crippen LogP contribution < -0.4 is 5.32 Å². The van der Waals surface area contributed by atoms with Gasteiger partial charge >= 0.3 is 0 Å². The van der Waals surface area contributed by atoms with E-state index < -0.39 is 17.5 Å². The third-order valence-corrected chi connectivity index (χ3v) is 5.45. The summed E-state index contributed by atoms with van der Waals surface area (Å²) in [6.07, 6.45) is 5.25. The first-order chi connectivity index (χ1) is 12.5. The first-order valence-electron chi connectivity index (χ1n) is 9.16. The molecule has 1 aliphatic heterocycles. The lowest BCUT2D eigenvalue weighted by Crippen LogP contribution is -2.44. The fourth-order valence-electron chi connectivity index (χ4n) is 3.82. The number of hydrogen-bond donors (Lipinski definition) is 1. The minimum absolute atomic E-state index is 0.0916. The molecule has 0 unspecified atom stereocenters. The normalized spacial score (nSPS) is 19.0. The highest BCUT2D eigenvalue weighted by atomic mass is 19.2. The lowest BCUT2D eigenvalue weighted by molar-refractivity contribution is -0.139. The molecule has 2 amide bonds. The highest BCUT2D eigenvalue weighted by Gasteiger charge is 2.32. The maximum atomic E-state index is 13.6. The molecule has 1 saturated heterocycles. The van der Waals surface area contributed by atoms with Crippen LogP contribution in [0.4, 0.5) is 13.2 Å². The number of nitrogens with zero attached hydrogens (tertiary/aromatic N) is 1. The smallest absolute Gasteiger partial charge is 0.225 e. The highest BCUT2D eigenvalue weighted by Crippen LogP contribution is 2.28. The summed E-state index contributed by atoms with van der Waals surface area (Å²) in [7, 11) is 0. The summed E-state index contributed by atoms with van der Waals surface area (Å²) in [5, 5.41) is 2.58. The van der Waals surface area contributed by atoms with Gasteiger partial charge in [0.25, 0.3) is 0 Å². The number of nitrogens with one attached hydrogen (secondary N) is 1. The number of piperidine rings is 1. The second-order valence-electron chi connectivity index (χ2n) is 7.13. The van der Waals surface area contributed by atoms with E-state index in [0.717, 1.165) is 37.8 Å². The summed E-state index contributed by atoms with van der Waals surface area (Å²) >= 11 is 0. The number of carbonyl (C=O) groups excluding carboxylic acids is 2. The standard InChI is InChI=1S/C19H23F3N2O2/c20-15-6-5-14(16(21)17(15)22)11-23-18(25)12-7-9-24(10-8-12)19(26)13-3-1-2-4-13/h5-6,12-13H,1-4,7-11H2,(H,23,25). The molecule has 7 heteroatoms. The number of carbonyl (C=O) groups is 2. The molecule has 4 nitrogen and oxygen atoms in total. The van der Waals surface area contributed by atoms with Gasteiger partial charge in [0, 0.05) is 37.0 Å². The molecule has 1 aliphatic carbocycles. The van der Waals surface area contributed by atoms with Crippen LogP contribution in [0.15, 0.2) is 12.1 Å². The predicted octanol–water partition coefficient (Wildman–Crippen LogP) is 3.15. The quantitative estimate of drug-likeness (QED) is 0.830. The molecule has 1 aromatic rings. The van der Waals surface area contributed by atoms with Gasteiger partial charge in [-0.1, -0.05) is 18.9 Å². The number of halogens is 3. The Balaban J connectivity index is 1.48. The van der Waals surface area contributed by atoms with Crippen LogP contribution >= 0.6 is 0 Å². The van der Waals surface area contributed by atoms with Crippen molar-refractivity contribution in [3.8, 4) is 0 Å². The van der Waals surface area contributed by atoms with Crippen molar-refractivity contribution in [3.63, 3.8) is 0 Å². The first-order valence-corrected chi connectivity index (χ1v) is 9.16. The molecule has 3 rings (SSSR count). The molecule has 0 spiro atoms. The van der Waals surface area contributed by atoms with E-state index in [4.69, 9.17) is 0 Å². The topological polar surface area (TPSA) is 49.4 Å². The van der Waals surface area contributed by atoms with E-state index in [1.807, 2.05) is 4.90 Å². The minimum atomic E-state index is -1.53. The van der Waals surface area contributed by atoms with Gasteiger partial charge in [-0.25, -0.2) is 13.2 Å². The molecule has 142 valence electrons. The Hall–Kier alpha value is -2.05. The van der Waals surface area contributed by atoms with Crippen LogP contribution in [0.1, 0.15) is 44.1 Å². The number of likely N-dealkylation sites (tertiary alicyclic amines) is 1. The SMILES string of the molecule is O=C(NCc1ccc(F)c(F)c1F)C1CCN(C(=O)C2CCCC2)CC1. The van der Waals surface area contributed by atoms with E-state index in [9.17, 15) is 22.8 Å². The lowest BCUT2D eigenvalue weighted by Gasteiger charge is -2.33. The van der Waals surface area contributed by atoms with Crippen LogP contribution in [-0.4, -0.2) is 29.8 Å². The van der Waals surface area contributed by atoms with Gasteiger partial charge in [0.1, 0.15) is 0 Å². The molecular formula is C19H23F3N2O2. The van der Waals surface area contributed by atoms with Crippen molar-refractivity contribution in [2.45, 2.75) is 45.1 Å². The largest absolute Gasteiger partial charge is 0.352 e. The summed E-state index contributed by atoms with van der Waals surface area (Å²) in [5.74, 6) is -4.23. The van der Waals surface area contributed by atoms with Gasteiger partial charge in [-0.15, -0.1) is 0 Å². The van der Waals surface area contributed by atoms with E-state index in [-0.39, 0.29) is 35.8 Å². The van der Waals surface area contributed by atoms with Crippen molar-refractivity contribution >= 4 is 11.8 Å². The minimum Gasteiger partial charge on any atom is -0.352 e. The molecule has 2 fully saturated rings. The summed E-state index contributed by atoms with van der Waals surface area (Å²) in [5.41, 5.74) is -0.0916. The highest BCUT2D eigenvalue weighted by molar-refractivity contribution is 5.81. The van der Waals surface area contributed by atoms with Crippen molar-refractivity contribution in [3.05, 3.63) is 35.1 Å². The Kier molecular flexibility index (Phi) is 5.84. The fourth-order valence-corrected chi connectivity index (χ4v) is 3.82. The molecule has 0 aromatic heterocycles. The predicted molar refractivity (Wildman–Crippen MR) is 89.4 cm³/mol. The molecular weight excluding hydrogens is 345 g/mol. The zero-order chi connectivity index (χ0) is 18.7. The van der Waals surface area contributed by atoms with Crippen LogP contribution in [-0.2, 0) is 16.1 Å². The number of amides is 2. The Labute approximate surface area is 150 Å². The zero-order valence-corrected chi connectivity index (χ0v) is 14.6. The molecule has 0 radical (unpaired) electrons. The van der Waals surface area contributed by atoms with Gasteiger partial charge < -0.3 is 10.2 Å². The first kappa shape index (κ1) is 18.7. The van der Waals surface area contributed by atoms with Crippen molar-refractivity contribution in [2.75, 3.05) is 13.1 Å².